The molecule has 7 nitrogen and oxygen atoms in total. The second-order valence-electron chi connectivity index (χ2n) is 7.54. The van der Waals surface area contributed by atoms with Crippen LogP contribution in [0.3, 0.4) is 0 Å². The Morgan fingerprint density at radius 1 is 0.765 bits per heavy atom. The molecular weight excluding hydrogens is 428 g/mol. The Kier molecular flexibility index (Phi) is 5.58. The van der Waals surface area contributed by atoms with Crippen LogP contribution < -0.4 is 4.74 Å². The van der Waals surface area contributed by atoms with Gasteiger partial charge in [0.15, 0.2) is 17.3 Å². The molecule has 34 heavy (non-hydrogen) atoms. The van der Waals surface area contributed by atoms with E-state index in [0.29, 0.717) is 39.7 Å². The van der Waals surface area contributed by atoms with Gasteiger partial charge in [-0.25, -0.2) is 24.7 Å². The number of benzene rings is 2. The van der Waals surface area contributed by atoms with E-state index < -0.39 is 5.97 Å². The maximum atomic E-state index is 12.3. The van der Waals surface area contributed by atoms with Gasteiger partial charge in [-0.1, -0.05) is 18.2 Å². The first-order valence-corrected chi connectivity index (χ1v) is 10.6. The minimum atomic E-state index is -0.443. The molecule has 0 saturated heterocycles. The van der Waals surface area contributed by atoms with Gasteiger partial charge >= 0.3 is 5.97 Å². The first kappa shape index (κ1) is 21.1. The highest BCUT2D eigenvalue weighted by Crippen LogP contribution is 2.25. The number of aromatic nitrogens is 4. The quantitative estimate of drug-likeness (QED) is 0.209. The molecular formula is C27H18N4O3. The molecule has 5 rings (SSSR count). The molecule has 5 aromatic rings. The van der Waals surface area contributed by atoms with Gasteiger partial charge in [-0.15, -0.1) is 0 Å². The van der Waals surface area contributed by atoms with Crippen LogP contribution in [0.2, 0.25) is 0 Å². The minimum absolute atomic E-state index is 0.183. The maximum absolute atomic E-state index is 12.3. The van der Waals surface area contributed by atoms with E-state index in [4.69, 9.17) is 4.74 Å². The highest BCUT2D eigenvalue weighted by Gasteiger charge is 2.14. The second-order valence-corrected chi connectivity index (χ2v) is 7.54. The zero-order valence-electron chi connectivity index (χ0n) is 18.2. The number of hydrogen-bond acceptors (Lipinski definition) is 7. The van der Waals surface area contributed by atoms with Crippen LogP contribution in [0.5, 0.6) is 5.75 Å². The van der Waals surface area contributed by atoms with Crippen LogP contribution in [-0.2, 0) is 0 Å². The predicted molar refractivity (Wildman–Crippen MR) is 127 cm³/mol. The molecule has 164 valence electrons. The molecule has 0 aliphatic carbocycles. The van der Waals surface area contributed by atoms with Gasteiger partial charge in [0, 0.05) is 24.1 Å². The average molecular weight is 446 g/mol. The topological polar surface area (TPSA) is 94.9 Å². The van der Waals surface area contributed by atoms with Crippen LogP contribution in [0, 0.1) is 0 Å². The fourth-order valence-electron chi connectivity index (χ4n) is 3.40. The number of carbonyl (C=O) groups excluding carboxylic acids is 2. The fraction of sp³-hybridized carbons (Fsp3) is 0.0370. The third-order valence-corrected chi connectivity index (χ3v) is 5.15. The van der Waals surface area contributed by atoms with Gasteiger partial charge in [0.25, 0.3) is 0 Å². The Morgan fingerprint density at radius 3 is 2.32 bits per heavy atom. The van der Waals surface area contributed by atoms with E-state index >= 15 is 0 Å². The van der Waals surface area contributed by atoms with E-state index in [9.17, 15) is 9.59 Å². The van der Waals surface area contributed by atoms with E-state index in [1.807, 2.05) is 30.3 Å². The van der Waals surface area contributed by atoms with E-state index in [1.165, 1.54) is 6.92 Å². The normalized spacial score (nSPS) is 10.7. The number of ether oxygens (including phenoxy) is 1. The molecule has 0 N–H and O–H groups in total. The minimum Gasteiger partial charge on any atom is -0.423 e. The summed E-state index contributed by atoms with van der Waals surface area (Å²) in [5, 5.41) is 0.910. The first-order chi connectivity index (χ1) is 16.6. The third-order valence-electron chi connectivity index (χ3n) is 5.15. The summed E-state index contributed by atoms with van der Waals surface area (Å²) >= 11 is 0. The van der Waals surface area contributed by atoms with Crippen molar-refractivity contribution in [2.45, 2.75) is 6.92 Å². The molecule has 3 heterocycles. The van der Waals surface area contributed by atoms with E-state index in [0.717, 1.165) is 5.39 Å². The monoisotopic (exact) mass is 446 g/mol. The Morgan fingerprint density at radius 2 is 1.56 bits per heavy atom. The van der Waals surface area contributed by atoms with Crippen molar-refractivity contribution >= 4 is 22.8 Å². The molecule has 3 aromatic heterocycles. The number of ketones is 1. The van der Waals surface area contributed by atoms with Crippen molar-refractivity contribution in [3.8, 4) is 28.5 Å². The Bertz CT molecular complexity index is 1520. The van der Waals surface area contributed by atoms with E-state index in [2.05, 4.69) is 19.9 Å². The van der Waals surface area contributed by atoms with Gasteiger partial charge in [-0.05, 0) is 66.7 Å². The number of nitrogens with zero attached hydrogens (tertiary/aromatic N) is 4. The average Bonchev–Trinajstić information content (AvgIpc) is 2.89. The van der Waals surface area contributed by atoms with Gasteiger partial charge in [-0.3, -0.25) is 4.79 Å². The lowest BCUT2D eigenvalue weighted by molar-refractivity contribution is 0.0734. The molecule has 0 amide bonds. The number of carbonyl (C=O) groups is 2. The summed E-state index contributed by atoms with van der Waals surface area (Å²) < 4.78 is 5.44. The molecule has 0 spiro atoms. The predicted octanol–water partition coefficient (Wildman–Crippen LogP) is 5.18. The maximum Gasteiger partial charge on any atom is 0.343 e. The number of fused-ring (bicyclic) bond motifs is 1. The summed E-state index contributed by atoms with van der Waals surface area (Å²) in [7, 11) is 0. The number of Topliss-reactive ketones (excluding diaryl/α,β-unsaturated/α-hetero) is 1. The number of pyridine rings is 2. The molecule has 7 heteroatoms. The molecule has 0 radical (unpaired) electrons. The molecule has 0 bridgehead atoms. The summed E-state index contributed by atoms with van der Waals surface area (Å²) in [4.78, 5) is 42.4. The lowest BCUT2D eigenvalue weighted by Gasteiger charge is -2.09. The first-order valence-electron chi connectivity index (χ1n) is 10.6. The number of hydrogen-bond donors (Lipinski definition) is 0. The van der Waals surface area contributed by atoms with Crippen LogP contribution in [0.25, 0.3) is 33.8 Å². The highest BCUT2D eigenvalue weighted by molar-refractivity contribution is 5.94. The van der Waals surface area contributed by atoms with Crippen molar-refractivity contribution in [1.82, 2.24) is 19.9 Å². The van der Waals surface area contributed by atoms with Gasteiger partial charge in [0.05, 0.1) is 17.0 Å². The van der Waals surface area contributed by atoms with Crippen molar-refractivity contribution < 1.29 is 14.3 Å². The van der Waals surface area contributed by atoms with E-state index in [1.54, 1.807) is 60.8 Å². The van der Waals surface area contributed by atoms with Crippen molar-refractivity contribution in [1.29, 1.82) is 0 Å². The zero-order valence-corrected chi connectivity index (χ0v) is 18.2. The van der Waals surface area contributed by atoms with Crippen LogP contribution in [0.15, 0.2) is 91.1 Å². The van der Waals surface area contributed by atoms with Crippen LogP contribution >= 0.6 is 0 Å². The van der Waals surface area contributed by atoms with E-state index in [-0.39, 0.29) is 11.5 Å². The fourth-order valence-corrected chi connectivity index (χ4v) is 3.40. The highest BCUT2D eigenvalue weighted by atomic mass is 16.5. The Labute approximate surface area is 195 Å². The largest absolute Gasteiger partial charge is 0.423 e. The second kappa shape index (κ2) is 8.99. The van der Waals surface area contributed by atoms with Crippen molar-refractivity contribution in [3.05, 3.63) is 102 Å². The molecule has 0 fully saturated rings. The van der Waals surface area contributed by atoms with Crippen molar-refractivity contribution in [2.24, 2.45) is 0 Å². The van der Waals surface area contributed by atoms with Gasteiger partial charge in [0.1, 0.15) is 11.4 Å². The van der Waals surface area contributed by atoms with Crippen LogP contribution in [0.4, 0.5) is 0 Å². The molecule has 0 aliphatic heterocycles. The molecule has 0 aliphatic rings. The number of esters is 1. The standard InChI is InChI=1S/C27H18N4O3/c1-17(32)23-16-24(22-14-11-18-8-5-15-28-25(18)29-22)31-26(30-23)19-9-12-21(13-10-19)34-27(33)20-6-3-2-4-7-20/h2-16H,1H3. The smallest absolute Gasteiger partial charge is 0.343 e. The SMILES string of the molecule is CC(=O)c1cc(-c2ccc3cccnc3n2)nc(-c2ccc(OC(=O)c3ccccc3)cc2)n1. The summed E-state index contributed by atoms with van der Waals surface area (Å²) in [5.41, 5.74) is 3.11. The summed E-state index contributed by atoms with van der Waals surface area (Å²) in [6.07, 6.45) is 1.68. The number of rotatable bonds is 5. The van der Waals surface area contributed by atoms with Crippen LogP contribution in [-0.4, -0.2) is 31.7 Å². The van der Waals surface area contributed by atoms with Crippen molar-refractivity contribution in [3.63, 3.8) is 0 Å². The van der Waals surface area contributed by atoms with Gasteiger partial charge in [0.2, 0.25) is 0 Å². The molecule has 0 unspecified atom stereocenters. The summed E-state index contributed by atoms with van der Waals surface area (Å²) in [6.45, 7) is 1.46. The van der Waals surface area contributed by atoms with Gasteiger partial charge < -0.3 is 4.74 Å². The molecule has 2 aromatic carbocycles. The molecule has 0 atom stereocenters. The molecule has 0 saturated carbocycles. The summed E-state index contributed by atoms with van der Waals surface area (Å²) in [5.74, 6) is 0.132. The lowest BCUT2D eigenvalue weighted by Crippen LogP contribution is -2.08. The van der Waals surface area contributed by atoms with Crippen molar-refractivity contribution in [2.75, 3.05) is 0 Å². The Hall–Kier alpha value is -4.78. The third kappa shape index (κ3) is 4.40. The zero-order chi connectivity index (χ0) is 23.5. The van der Waals surface area contributed by atoms with Crippen LogP contribution in [0.1, 0.15) is 27.8 Å². The van der Waals surface area contributed by atoms with Gasteiger partial charge in [-0.2, -0.15) is 0 Å². The Balaban J connectivity index is 1.47. The summed E-state index contributed by atoms with van der Waals surface area (Å²) in [6, 6.07) is 24.7. The lowest BCUT2D eigenvalue weighted by atomic mass is 10.1.